The number of carbonyl (C=O) groups is 2. The van der Waals surface area contributed by atoms with E-state index in [4.69, 9.17) is 0 Å². The van der Waals surface area contributed by atoms with E-state index in [0.717, 1.165) is 41.5 Å². The van der Waals surface area contributed by atoms with Crippen molar-refractivity contribution in [3.8, 4) is 11.1 Å². The van der Waals surface area contributed by atoms with Crippen LogP contribution in [0.1, 0.15) is 36.5 Å². The lowest BCUT2D eigenvalue weighted by Crippen LogP contribution is -2.21. The zero-order chi connectivity index (χ0) is 21.3. The predicted octanol–water partition coefficient (Wildman–Crippen LogP) is 4.01. The van der Waals surface area contributed by atoms with Gasteiger partial charge in [-0.25, -0.2) is 0 Å². The minimum absolute atomic E-state index is 0.0292. The maximum atomic E-state index is 12.6. The number of Topliss-reactive ketones (excluding diaryl/α,β-unsaturated/α-hetero) is 1. The van der Waals surface area contributed by atoms with Gasteiger partial charge in [-0.2, -0.15) is 0 Å². The topological polar surface area (TPSA) is 76.9 Å². The fourth-order valence-corrected chi connectivity index (χ4v) is 4.05. The highest BCUT2D eigenvalue weighted by molar-refractivity contribution is 7.99. The predicted molar refractivity (Wildman–Crippen MR) is 120 cm³/mol. The molecule has 1 aromatic heterocycles. The minimum Gasteiger partial charge on any atom is -0.356 e. The summed E-state index contributed by atoms with van der Waals surface area (Å²) in [6, 6.07) is 17.8. The summed E-state index contributed by atoms with van der Waals surface area (Å²) in [6.07, 6.45) is 1.53. The van der Waals surface area contributed by atoms with Crippen LogP contribution in [0.2, 0.25) is 0 Å². The Morgan fingerprint density at radius 1 is 1.00 bits per heavy atom. The molecule has 6 nitrogen and oxygen atoms in total. The van der Waals surface area contributed by atoms with Gasteiger partial charge < -0.3 is 9.88 Å². The fraction of sp³-hybridized carbons (Fsp3) is 0.304. The van der Waals surface area contributed by atoms with Gasteiger partial charge in [0.2, 0.25) is 5.91 Å². The van der Waals surface area contributed by atoms with Crippen LogP contribution in [0.3, 0.4) is 0 Å². The van der Waals surface area contributed by atoms with E-state index in [-0.39, 0.29) is 11.7 Å². The van der Waals surface area contributed by atoms with Crippen molar-refractivity contribution in [3.05, 3.63) is 66.0 Å². The number of thioether (sulfide) groups is 1. The van der Waals surface area contributed by atoms with E-state index in [2.05, 4.69) is 27.6 Å². The van der Waals surface area contributed by atoms with Gasteiger partial charge >= 0.3 is 0 Å². The van der Waals surface area contributed by atoms with Crippen LogP contribution in [-0.4, -0.2) is 38.8 Å². The highest BCUT2D eigenvalue weighted by Crippen LogP contribution is 2.22. The number of hydrogen-bond donors (Lipinski definition) is 1. The monoisotopic (exact) mass is 422 g/mol. The van der Waals surface area contributed by atoms with E-state index in [9.17, 15) is 9.59 Å². The van der Waals surface area contributed by atoms with E-state index >= 15 is 0 Å². The Kier molecular flexibility index (Phi) is 7.79. The Hall–Kier alpha value is -2.93. The lowest BCUT2D eigenvalue weighted by Gasteiger charge is -2.08. The van der Waals surface area contributed by atoms with Crippen LogP contribution in [0.4, 0.5) is 0 Å². The molecule has 0 saturated heterocycles. The van der Waals surface area contributed by atoms with Crippen molar-refractivity contribution in [2.75, 3.05) is 12.3 Å². The molecule has 0 saturated carbocycles. The average Bonchev–Trinajstić information content (AvgIpc) is 3.17. The minimum atomic E-state index is -0.0292. The van der Waals surface area contributed by atoms with Crippen molar-refractivity contribution in [1.82, 2.24) is 20.1 Å². The number of aromatic nitrogens is 3. The molecule has 0 atom stereocenters. The molecule has 0 aliphatic carbocycles. The lowest BCUT2D eigenvalue weighted by atomic mass is 10.0. The number of hydrogen-bond acceptors (Lipinski definition) is 5. The molecule has 0 aliphatic heterocycles. The van der Waals surface area contributed by atoms with E-state index in [1.165, 1.54) is 18.7 Å². The second kappa shape index (κ2) is 10.7. The van der Waals surface area contributed by atoms with E-state index in [1.54, 1.807) is 0 Å². The summed E-state index contributed by atoms with van der Waals surface area (Å²) in [7, 11) is 0. The van der Waals surface area contributed by atoms with E-state index in [0.29, 0.717) is 17.9 Å². The Morgan fingerprint density at radius 2 is 1.70 bits per heavy atom. The fourth-order valence-electron chi connectivity index (χ4n) is 3.13. The molecule has 1 N–H and O–H groups in total. The van der Waals surface area contributed by atoms with Crippen molar-refractivity contribution < 1.29 is 9.59 Å². The summed E-state index contributed by atoms with van der Waals surface area (Å²) in [5, 5.41) is 12.1. The molecule has 2 aromatic carbocycles. The first-order valence-electron chi connectivity index (χ1n) is 10.1. The third-order valence-corrected chi connectivity index (χ3v) is 5.67. The van der Waals surface area contributed by atoms with Crippen molar-refractivity contribution in [2.45, 2.75) is 38.4 Å². The van der Waals surface area contributed by atoms with Gasteiger partial charge in [0.05, 0.1) is 5.75 Å². The maximum absolute atomic E-state index is 12.6. The highest BCUT2D eigenvalue weighted by atomic mass is 32.2. The second-order valence-electron chi connectivity index (χ2n) is 6.88. The van der Waals surface area contributed by atoms with Gasteiger partial charge in [0, 0.05) is 32.0 Å². The smallest absolute Gasteiger partial charge is 0.216 e. The number of nitrogens with zero attached hydrogens (tertiary/aromatic N) is 3. The number of ketones is 1. The average molecular weight is 423 g/mol. The number of rotatable bonds is 10. The van der Waals surface area contributed by atoms with Crippen LogP contribution in [0.5, 0.6) is 0 Å². The molecule has 30 heavy (non-hydrogen) atoms. The quantitative estimate of drug-likeness (QED) is 0.303. The first-order valence-corrected chi connectivity index (χ1v) is 11.0. The van der Waals surface area contributed by atoms with Gasteiger partial charge in [-0.15, -0.1) is 10.2 Å². The van der Waals surface area contributed by atoms with Gasteiger partial charge in [0.1, 0.15) is 5.82 Å². The third-order valence-electron chi connectivity index (χ3n) is 4.71. The van der Waals surface area contributed by atoms with Crippen molar-refractivity contribution in [1.29, 1.82) is 0 Å². The number of amides is 1. The summed E-state index contributed by atoms with van der Waals surface area (Å²) in [5.74, 6) is 1.23. The molecule has 0 bridgehead atoms. The van der Waals surface area contributed by atoms with Gasteiger partial charge in [-0.3, -0.25) is 9.59 Å². The first kappa shape index (κ1) is 21.8. The molecule has 0 spiro atoms. The molecular weight excluding hydrogens is 396 g/mol. The van der Waals surface area contributed by atoms with E-state index in [1.807, 2.05) is 54.0 Å². The Labute approximate surface area is 181 Å². The molecule has 1 amide bonds. The molecule has 3 rings (SSSR count). The van der Waals surface area contributed by atoms with Gasteiger partial charge in [-0.05, 0) is 24.5 Å². The van der Waals surface area contributed by atoms with Crippen molar-refractivity contribution >= 4 is 23.5 Å². The molecule has 156 valence electrons. The van der Waals surface area contributed by atoms with Crippen LogP contribution < -0.4 is 5.32 Å². The molecule has 7 heteroatoms. The Morgan fingerprint density at radius 3 is 2.37 bits per heavy atom. The number of aryl methyl sites for hydroxylation is 1. The van der Waals surface area contributed by atoms with Gasteiger partial charge in [-0.1, -0.05) is 66.4 Å². The molecule has 0 fully saturated rings. The van der Waals surface area contributed by atoms with Crippen molar-refractivity contribution in [3.63, 3.8) is 0 Å². The summed E-state index contributed by atoms with van der Waals surface area (Å²) < 4.78 is 2.03. The molecule has 0 radical (unpaired) electrons. The van der Waals surface area contributed by atoms with Crippen LogP contribution in [0, 0.1) is 0 Å². The highest BCUT2D eigenvalue weighted by Gasteiger charge is 2.14. The maximum Gasteiger partial charge on any atom is 0.216 e. The number of benzene rings is 2. The second-order valence-corrected chi connectivity index (χ2v) is 7.83. The molecule has 1 heterocycles. The number of nitrogens with one attached hydrogen (secondary N) is 1. The van der Waals surface area contributed by atoms with Crippen LogP contribution >= 0.6 is 11.8 Å². The van der Waals surface area contributed by atoms with E-state index < -0.39 is 0 Å². The molecule has 0 aliphatic rings. The van der Waals surface area contributed by atoms with Gasteiger partial charge in [0.25, 0.3) is 0 Å². The standard InChI is InChI=1S/C23H26N4O2S/c1-3-27-22(10-7-15-24-17(2)28)25-26-23(27)30-16-21(29)20-13-11-19(12-14-20)18-8-5-4-6-9-18/h4-6,8-9,11-14H,3,7,10,15-16H2,1-2H3,(H,24,28). The SMILES string of the molecule is CCn1c(CCCNC(C)=O)nnc1SCC(=O)c1ccc(-c2ccccc2)cc1. The van der Waals surface area contributed by atoms with Crippen LogP contribution in [0.25, 0.3) is 11.1 Å². The Balaban J connectivity index is 1.57. The van der Waals surface area contributed by atoms with Gasteiger partial charge in [0.15, 0.2) is 10.9 Å². The summed E-state index contributed by atoms with van der Waals surface area (Å²) in [4.78, 5) is 23.6. The van der Waals surface area contributed by atoms with Crippen molar-refractivity contribution in [2.24, 2.45) is 0 Å². The van der Waals surface area contributed by atoms with Crippen LogP contribution in [-0.2, 0) is 17.8 Å². The summed E-state index contributed by atoms with van der Waals surface area (Å²) >= 11 is 1.41. The largest absolute Gasteiger partial charge is 0.356 e. The zero-order valence-corrected chi connectivity index (χ0v) is 18.1. The first-order chi connectivity index (χ1) is 14.6. The summed E-state index contributed by atoms with van der Waals surface area (Å²) in [5.41, 5.74) is 2.92. The van der Waals surface area contributed by atoms with Crippen LogP contribution in [0.15, 0.2) is 59.8 Å². The zero-order valence-electron chi connectivity index (χ0n) is 17.3. The molecule has 3 aromatic rings. The Bertz CT molecular complexity index is 984. The summed E-state index contributed by atoms with van der Waals surface area (Å²) in [6.45, 7) is 4.90. The number of carbonyl (C=O) groups excluding carboxylic acids is 2. The lowest BCUT2D eigenvalue weighted by molar-refractivity contribution is -0.118. The molecule has 0 unspecified atom stereocenters. The molecular formula is C23H26N4O2S. The third kappa shape index (κ3) is 5.79. The normalized spacial score (nSPS) is 10.7.